The summed E-state index contributed by atoms with van der Waals surface area (Å²) in [6.45, 7) is 5.52. The van der Waals surface area contributed by atoms with Gasteiger partial charge in [0.1, 0.15) is 17.1 Å². The highest BCUT2D eigenvalue weighted by molar-refractivity contribution is 6.31. The minimum Gasteiger partial charge on any atom is -0.461 e. The fraction of sp³-hybridized carbons (Fsp3) is 0.381. The number of furan rings is 2. The lowest BCUT2D eigenvalue weighted by Gasteiger charge is -2.09. The summed E-state index contributed by atoms with van der Waals surface area (Å²) in [6, 6.07) is 9.34. The molecule has 0 unspecified atom stereocenters. The van der Waals surface area contributed by atoms with E-state index < -0.39 is 0 Å². The van der Waals surface area contributed by atoms with Crippen LogP contribution in [0.15, 0.2) is 39.2 Å². The molecule has 7 heteroatoms. The van der Waals surface area contributed by atoms with Crippen molar-refractivity contribution in [2.75, 3.05) is 27.2 Å². The molecule has 28 heavy (non-hydrogen) atoms. The second-order valence-electron chi connectivity index (χ2n) is 7.29. The lowest BCUT2D eigenvalue weighted by Crippen LogP contribution is -2.31. The van der Waals surface area contributed by atoms with E-state index in [0.29, 0.717) is 35.4 Å². The first-order valence-electron chi connectivity index (χ1n) is 9.07. The first-order chi connectivity index (χ1) is 12.8. The molecular formula is C21H26Cl2N2O3. The minimum atomic E-state index is -0.209. The van der Waals surface area contributed by atoms with Crippen LogP contribution < -0.4 is 5.32 Å². The van der Waals surface area contributed by atoms with Gasteiger partial charge >= 0.3 is 0 Å². The molecule has 0 saturated carbocycles. The molecule has 0 spiro atoms. The van der Waals surface area contributed by atoms with Crippen molar-refractivity contribution in [2.24, 2.45) is 0 Å². The van der Waals surface area contributed by atoms with Crippen LogP contribution in [0, 0.1) is 0 Å². The van der Waals surface area contributed by atoms with Crippen LogP contribution in [-0.4, -0.2) is 38.0 Å². The summed E-state index contributed by atoms with van der Waals surface area (Å²) in [7, 11) is 3.92. The van der Waals surface area contributed by atoms with Gasteiger partial charge in [0.05, 0.1) is 0 Å². The molecule has 0 aliphatic heterocycles. The Kier molecular flexibility index (Phi) is 7.58. The predicted octanol–water partition coefficient (Wildman–Crippen LogP) is 5.11. The first-order valence-corrected chi connectivity index (χ1v) is 9.44. The lowest BCUT2D eigenvalue weighted by atomic mass is 10.1. The molecule has 2 heterocycles. The average Bonchev–Trinajstić information content (AvgIpc) is 3.21. The topological polar surface area (TPSA) is 58.6 Å². The molecule has 0 fully saturated rings. The van der Waals surface area contributed by atoms with Crippen LogP contribution in [0.5, 0.6) is 0 Å². The number of hydrogen-bond acceptors (Lipinski definition) is 4. The maximum Gasteiger partial charge on any atom is 0.287 e. The number of rotatable bonds is 7. The van der Waals surface area contributed by atoms with Crippen molar-refractivity contribution in [2.45, 2.75) is 26.2 Å². The van der Waals surface area contributed by atoms with Crippen molar-refractivity contribution in [3.8, 4) is 0 Å². The van der Waals surface area contributed by atoms with E-state index >= 15 is 0 Å². The van der Waals surface area contributed by atoms with Crippen LogP contribution in [-0.2, 0) is 6.42 Å². The van der Waals surface area contributed by atoms with Crippen LogP contribution >= 0.6 is 24.0 Å². The van der Waals surface area contributed by atoms with Crippen molar-refractivity contribution >= 4 is 40.9 Å². The summed E-state index contributed by atoms with van der Waals surface area (Å²) < 4.78 is 11.8. The molecule has 5 nitrogen and oxygen atoms in total. The third kappa shape index (κ3) is 5.31. The highest BCUT2D eigenvalue weighted by Gasteiger charge is 2.16. The van der Waals surface area contributed by atoms with E-state index in [9.17, 15) is 4.79 Å². The Labute approximate surface area is 176 Å². The quantitative estimate of drug-likeness (QED) is 0.572. The lowest BCUT2D eigenvalue weighted by molar-refractivity contribution is 0.0921. The van der Waals surface area contributed by atoms with Crippen LogP contribution in [0.2, 0.25) is 5.02 Å². The summed E-state index contributed by atoms with van der Waals surface area (Å²) in [5.74, 6) is 2.02. The van der Waals surface area contributed by atoms with E-state index in [-0.39, 0.29) is 18.3 Å². The van der Waals surface area contributed by atoms with Gasteiger partial charge in [-0.05, 0) is 44.4 Å². The third-order valence-electron chi connectivity index (χ3n) is 4.34. The summed E-state index contributed by atoms with van der Waals surface area (Å²) >= 11 is 6.28. The zero-order chi connectivity index (χ0) is 19.6. The van der Waals surface area contributed by atoms with Gasteiger partial charge in [-0.2, -0.15) is 0 Å². The third-order valence-corrected chi connectivity index (χ3v) is 4.56. The number of carbonyl (C=O) groups excluding carboxylic acids is 1. The molecule has 0 radical (unpaired) electrons. The van der Waals surface area contributed by atoms with E-state index in [0.717, 1.165) is 28.8 Å². The molecule has 0 bridgehead atoms. The minimum absolute atomic E-state index is 0. The Bertz CT molecular complexity index is 944. The summed E-state index contributed by atoms with van der Waals surface area (Å²) in [5, 5.41) is 4.48. The molecule has 1 amide bonds. The van der Waals surface area contributed by atoms with Gasteiger partial charge in [0.25, 0.3) is 5.91 Å². The summed E-state index contributed by atoms with van der Waals surface area (Å²) in [4.78, 5) is 14.2. The van der Waals surface area contributed by atoms with Gasteiger partial charge in [-0.1, -0.05) is 25.4 Å². The second kappa shape index (κ2) is 9.50. The van der Waals surface area contributed by atoms with Crippen molar-refractivity contribution < 1.29 is 13.6 Å². The molecule has 1 aromatic carbocycles. The Morgan fingerprint density at radius 3 is 2.61 bits per heavy atom. The van der Waals surface area contributed by atoms with E-state index in [2.05, 4.69) is 19.2 Å². The maximum absolute atomic E-state index is 12.2. The number of nitrogens with zero attached hydrogens (tertiary/aromatic N) is 1. The number of nitrogens with one attached hydrogen (secondary N) is 1. The van der Waals surface area contributed by atoms with Gasteiger partial charge in [-0.15, -0.1) is 12.4 Å². The fourth-order valence-electron chi connectivity index (χ4n) is 2.88. The molecule has 3 aromatic rings. The molecular weight excluding hydrogens is 399 g/mol. The summed E-state index contributed by atoms with van der Waals surface area (Å²) in [6.07, 6.45) is 0.507. The number of carbonyl (C=O) groups is 1. The molecule has 0 atom stereocenters. The predicted molar refractivity (Wildman–Crippen MR) is 115 cm³/mol. The molecule has 2 aromatic heterocycles. The number of halogens is 2. The monoisotopic (exact) mass is 424 g/mol. The Hall–Kier alpha value is -1.95. The van der Waals surface area contributed by atoms with Crippen LogP contribution in [0.25, 0.3) is 11.0 Å². The average molecular weight is 425 g/mol. The van der Waals surface area contributed by atoms with Crippen molar-refractivity contribution in [1.82, 2.24) is 10.2 Å². The van der Waals surface area contributed by atoms with E-state index in [4.69, 9.17) is 20.4 Å². The number of amides is 1. The van der Waals surface area contributed by atoms with E-state index in [1.165, 1.54) is 0 Å². The van der Waals surface area contributed by atoms with Gasteiger partial charge in [-0.3, -0.25) is 4.79 Å². The molecule has 3 rings (SSSR count). The number of benzene rings is 1. The van der Waals surface area contributed by atoms with E-state index in [1.54, 1.807) is 6.07 Å². The molecule has 0 saturated heterocycles. The summed E-state index contributed by atoms with van der Waals surface area (Å²) in [5.41, 5.74) is 1.76. The van der Waals surface area contributed by atoms with Gasteiger partial charge in [0.15, 0.2) is 5.76 Å². The SMILES string of the molecule is CC(C)c1cc2cc(Cl)cc(Cc3ccc(C(=O)NCCN(C)C)o3)c2o1.Cl. The molecule has 0 aliphatic rings. The number of fused-ring (bicyclic) bond motifs is 1. The van der Waals surface area contributed by atoms with Gasteiger partial charge in [-0.25, -0.2) is 0 Å². The van der Waals surface area contributed by atoms with Gasteiger partial charge < -0.3 is 19.1 Å². The van der Waals surface area contributed by atoms with Gasteiger partial charge in [0.2, 0.25) is 0 Å². The number of hydrogen-bond donors (Lipinski definition) is 1. The van der Waals surface area contributed by atoms with Crippen molar-refractivity contribution in [3.05, 3.63) is 58.2 Å². The molecule has 0 aliphatic carbocycles. The highest BCUT2D eigenvalue weighted by atomic mass is 35.5. The fourth-order valence-corrected chi connectivity index (χ4v) is 3.13. The Morgan fingerprint density at radius 2 is 1.93 bits per heavy atom. The zero-order valence-electron chi connectivity index (χ0n) is 16.5. The van der Waals surface area contributed by atoms with Crippen LogP contribution in [0.4, 0.5) is 0 Å². The van der Waals surface area contributed by atoms with Gasteiger partial charge in [0, 0.05) is 41.4 Å². The Balaban J connectivity index is 0.00000280. The van der Waals surface area contributed by atoms with Crippen molar-refractivity contribution in [3.63, 3.8) is 0 Å². The first kappa shape index (κ1) is 22.3. The second-order valence-corrected chi connectivity index (χ2v) is 7.73. The van der Waals surface area contributed by atoms with E-state index in [1.807, 2.05) is 43.3 Å². The maximum atomic E-state index is 12.2. The molecule has 152 valence electrons. The van der Waals surface area contributed by atoms with Crippen molar-refractivity contribution in [1.29, 1.82) is 0 Å². The number of likely N-dealkylation sites (N-methyl/N-ethyl adjacent to an activating group) is 1. The standard InChI is InChI=1S/C21H25ClN2O3.ClH/c1-13(2)19-12-15-10-16(22)9-14(20(15)27-19)11-17-5-6-18(26-17)21(25)23-7-8-24(3)4;/h5-6,9-10,12-13H,7-8,11H2,1-4H3,(H,23,25);1H. The molecule has 1 N–H and O–H groups in total. The normalized spacial score (nSPS) is 11.2. The largest absolute Gasteiger partial charge is 0.461 e. The zero-order valence-corrected chi connectivity index (χ0v) is 18.1. The smallest absolute Gasteiger partial charge is 0.287 e. The van der Waals surface area contributed by atoms with Crippen LogP contribution in [0.1, 0.15) is 47.4 Å². The highest BCUT2D eigenvalue weighted by Crippen LogP contribution is 2.31. The Morgan fingerprint density at radius 1 is 1.18 bits per heavy atom. The van der Waals surface area contributed by atoms with Crippen LogP contribution in [0.3, 0.4) is 0 Å².